The molecule has 1 amide bonds. The summed E-state index contributed by atoms with van der Waals surface area (Å²) in [6, 6.07) is 10.5. The lowest BCUT2D eigenvalue weighted by atomic mass is 9.89. The molecule has 2 atom stereocenters. The predicted molar refractivity (Wildman–Crippen MR) is 117 cm³/mol. The average Bonchev–Trinajstić information content (AvgIpc) is 2.73. The van der Waals surface area contributed by atoms with Crippen LogP contribution in [0.2, 0.25) is 0 Å². The van der Waals surface area contributed by atoms with Crippen molar-refractivity contribution < 1.29 is 9.53 Å². The Hall–Kier alpha value is -2.06. The second-order valence-corrected chi connectivity index (χ2v) is 8.73. The number of ether oxygens (including phenoxy) is 1. The second-order valence-electron chi connectivity index (χ2n) is 8.73. The van der Waals surface area contributed by atoms with Gasteiger partial charge in [-0.15, -0.1) is 0 Å². The van der Waals surface area contributed by atoms with E-state index >= 15 is 0 Å². The van der Waals surface area contributed by atoms with E-state index in [-0.39, 0.29) is 17.9 Å². The molecule has 5 heteroatoms. The van der Waals surface area contributed by atoms with Crippen molar-refractivity contribution in [2.75, 3.05) is 19.7 Å². The summed E-state index contributed by atoms with van der Waals surface area (Å²) in [4.78, 5) is 14.9. The summed E-state index contributed by atoms with van der Waals surface area (Å²) >= 11 is 0. The molecule has 160 valence electrons. The second kappa shape index (κ2) is 10.6. The molecular formula is C24H37N3O2. The van der Waals surface area contributed by atoms with Gasteiger partial charge in [-0.3, -0.25) is 9.69 Å². The van der Waals surface area contributed by atoms with Crippen molar-refractivity contribution in [3.8, 4) is 11.8 Å². The zero-order valence-electron chi connectivity index (χ0n) is 18.7. The molecule has 5 nitrogen and oxygen atoms in total. The zero-order valence-corrected chi connectivity index (χ0v) is 18.7. The highest BCUT2D eigenvalue weighted by atomic mass is 16.5. The quantitative estimate of drug-likeness (QED) is 0.677. The van der Waals surface area contributed by atoms with Crippen molar-refractivity contribution in [2.45, 2.75) is 71.9 Å². The highest BCUT2D eigenvalue weighted by Gasteiger charge is 2.34. The van der Waals surface area contributed by atoms with E-state index in [4.69, 9.17) is 4.74 Å². The topological polar surface area (TPSA) is 65.4 Å². The smallest absolute Gasteiger partial charge is 0.238 e. The minimum atomic E-state index is -0.818. The summed E-state index contributed by atoms with van der Waals surface area (Å²) in [7, 11) is 0. The number of likely N-dealkylation sites (tertiary alicyclic amines) is 1. The first-order valence-corrected chi connectivity index (χ1v) is 11.0. The van der Waals surface area contributed by atoms with Gasteiger partial charge in [0.05, 0.1) is 18.7 Å². The van der Waals surface area contributed by atoms with Gasteiger partial charge in [0.15, 0.2) is 0 Å². The van der Waals surface area contributed by atoms with Crippen LogP contribution in [-0.2, 0) is 11.2 Å². The number of nitrogens with one attached hydrogen (secondary N) is 1. The summed E-state index contributed by atoms with van der Waals surface area (Å²) in [5, 5.41) is 12.4. The fourth-order valence-electron chi connectivity index (χ4n) is 3.75. The van der Waals surface area contributed by atoms with Gasteiger partial charge in [0.2, 0.25) is 5.91 Å². The fourth-order valence-corrected chi connectivity index (χ4v) is 3.75. The van der Waals surface area contributed by atoms with E-state index in [0.717, 1.165) is 38.1 Å². The summed E-state index contributed by atoms with van der Waals surface area (Å²) < 4.78 is 5.50. The third-order valence-corrected chi connectivity index (χ3v) is 6.42. The molecule has 0 aliphatic carbocycles. The molecule has 1 aliphatic heterocycles. The van der Waals surface area contributed by atoms with Crippen LogP contribution in [0.1, 0.15) is 59.4 Å². The maximum Gasteiger partial charge on any atom is 0.238 e. The van der Waals surface area contributed by atoms with Gasteiger partial charge in [0, 0.05) is 0 Å². The monoisotopic (exact) mass is 399 g/mol. The molecule has 1 aliphatic rings. The van der Waals surface area contributed by atoms with Gasteiger partial charge in [-0.25, -0.2) is 0 Å². The predicted octanol–water partition coefficient (Wildman–Crippen LogP) is 4.17. The number of aryl methyl sites for hydroxylation is 1. The molecule has 0 bridgehead atoms. The largest absolute Gasteiger partial charge is 0.494 e. The molecule has 1 saturated heterocycles. The lowest BCUT2D eigenvalue weighted by Crippen LogP contribution is -2.56. The highest BCUT2D eigenvalue weighted by molar-refractivity contribution is 5.82. The molecule has 0 radical (unpaired) electrons. The molecule has 29 heavy (non-hydrogen) atoms. The van der Waals surface area contributed by atoms with Gasteiger partial charge in [-0.2, -0.15) is 5.26 Å². The maximum absolute atomic E-state index is 12.7. The Bertz CT molecular complexity index is 687. The number of carbonyl (C=O) groups excluding carboxylic acids is 1. The molecule has 0 saturated carbocycles. The van der Waals surface area contributed by atoms with E-state index in [9.17, 15) is 10.1 Å². The van der Waals surface area contributed by atoms with Gasteiger partial charge in [0.25, 0.3) is 0 Å². The van der Waals surface area contributed by atoms with Crippen molar-refractivity contribution in [3.63, 3.8) is 0 Å². The van der Waals surface area contributed by atoms with Gasteiger partial charge in [-0.05, 0) is 89.1 Å². The zero-order chi connectivity index (χ0) is 21.4. The fraction of sp³-hybridized carbons (Fsp3) is 0.667. The van der Waals surface area contributed by atoms with E-state index in [1.54, 1.807) is 6.92 Å². The summed E-state index contributed by atoms with van der Waals surface area (Å²) in [5.41, 5.74) is 0.537. The number of carbonyl (C=O) groups is 1. The molecule has 1 aromatic carbocycles. The van der Waals surface area contributed by atoms with Gasteiger partial charge < -0.3 is 10.1 Å². The Morgan fingerprint density at radius 1 is 1.28 bits per heavy atom. The van der Waals surface area contributed by atoms with Crippen molar-refractivity contribution in [1.82, 2.24) is 10.2 Å². The Kier molecular flexibility index (Phi) is 8.52. The first-order chi connectivity index (χ1) is 13.8. The van der Waals surface area contributed by atoms with Crippen LogP contribution in [0.15, 0.2) is 24.3 Å². The molecule has 1 aromatic rings. The lowest BCUT2D eigenvalue weighted by Gasteiger charge is -2.37. The van der Waals surface area contributed by atoms with Gasteiger partial charge >= 0.3 is 0 Å². The molecule has 2 rings (SSSR count). The van der Waals surface area contributed by atoms with Gasteiger partial charge in [0.1, 0.15) is 11.3 Å². The van der Waals surface area contributed by atoms with Crippen LogP contribution in [0.4, 0.5) is 0 Å². The number of nitrogens with zero attached hydrogens (tertiary/aromatic N) is 2. The average molecular weight is 400 g/mol. The van der Waals surface area contributed by atoms with Crippen molar-refractivity contribution in [3.05, 3.63) is 29.8 Å². The number of amides is 1. The van der Waals surface area contributed by atoms with Crippen LogP contribution in [0.25, 0.3) is 0 Å². The summed E-state index contributed by atoms with van der Waals surface area (Å²) in [5.74, 6) is 1.66. The number of hydrogen-bond acceptors (Lipinski definition) is 4. The first kappa shape index (κ1) is 23.2. The van der Waals surface area contributed by atoms with E-state index < -0.39 is 5.54 Å². The van der Waals surface area contributed by atoms with Crippen LogP contribution < -0.4 is 10.1 Å². The third-order valence-electron chi connectivity index (χ3n) is 6.42. The maximum atomic E-state index is 12.7. The first-order valence-electron chi connectivity index (χ1n) is 11.0. The number of piperidine rings is 1. The van der Waals surface area contributed by atoms with Crippen molar-refractivity contribution in [1.29, 1.82) is 5.26 Å². The van der Waals surface area contributed by atoms with E-state index in [1.807, 2.05) is 39.8 Å². The van der Waals surface area contributed by atoms with Crippen LogP contribution in [0, 0.1) is 23.2 Å². The van der Waals surface area contributed by atoms with Gasteiger partial charge in [-0.1, -0.05) is 26.0 Å². The molecule has 0 aromatic heterocycles. The molecule has 2 unspecified atom stereocenters. The van der Waals surface area contributed by atoms with Crippen LogP contribution in [0.3, 0.4) is 0 Å². The molecule has 1 N–H and O–H groups in total. The molecule has 1 heterocycles. The Labute approximate surface area is 176 Å². The van der Waals surface area contributed by atoms with E-state index in [0.29, 0.717) is 12.5 Å². The third kappa shape index (κ3) is 6.47. The van der Waals surface area contributed by atoms with E-state index in [2.05, 4.69) is 28.4 Å². The molecule has 0 spiro atoms. The SMILES string of the molecule is CCOc1ccc(CCC2CCN(C(C)C(=O)NC(C)(C#N)C(C)C)CC2)cc1. The number of rotatable bonds is 9. The minimum absolute atomic E-state index is 0.0458. The van der Waals surface area contributed by atoms with Crippen LogP contribution in [-0.4, -0.2) is 42.1 Å². The Morgan fingerprint density at radius 3 is 2.41 bits per heavy atom. The lowest BCUT2D eigenvalue weighted by molar-refractivity contribution is -0.128. The normalized spacial score (nSPS) is 18.7. The minimum Gasteiger partial charge on any atom is -0.494 e. The summed E-state index contributed by atoms with van der Waals surface area (Å²) in [6.07, 6.45) is 4.51. The van der Waals surface area contributed by atoms with E-state index in [1.165, 1.54) is 12.0 Å². The molecule has 1 fully saturated rings. The summed E-state index contributed by atoms with van der Waals surface area (Å²) in [6.45, 7) is 12.2. The van der Waals surface area contributed by atoms with Crippen LogP contribution in [0.5, 0.6) is 5.75 Å². The standard InChI is InChI=1S/C24H37N3O2/c1-6-29-22-11-9-20(10-12-22)7-8-21-13-15-27(16-14-21)19(4)23(28)26-24(5,17-25)18(2)3/h9-12,18-19,21H,6-8,13-16H2,1-5H3,(H,26,28). The van der Waals surface area contributed by atoms with Crippen molar-refractivity contribution in [2.24, 2.45) is 11.8 Å². The Morgan fingerprint density at radius 2 is 1.90 bits per heavy atom. The molecular weight excluding hydrogens is 362 g/mol. The van der Waals surface area contributed by atoms with Crippen LogP contribution >= 0.6 is 0 Å². The Balaban J connectivity index is 1.78. The number of benzene rings is 1. The number of nitriles is 1. The van der Waals surface area contributed by atoms with Crippen molar-refractivity contribution >= 4 is 5.91 Å². The number of hydrogen-bond donors (Lipinski definition) is 1. The highest BCUT2D eigenvalue weighted by Crippen LogP contribution is 2.25.